The van der Waals surface area contributed by atoms with Crippen LogP contribution in [-0.2, 0) is 11.2 Å². The van der Waals surface area contributed by atoms with Crippen molar-refractivity contribution in [3.8, 4) is 0 Å². The van der Waals surface area contributed by atoms with E-state index in [1.807, 2.05) is 0 Å². The summed E-state index contributed by atoms with van der Waals surface area (Å²) in [4.78, 5) is 33.7. The monoisotopic (exact) mass is 308 g/mol. The number of hydrogen-bond donors (Lipinski definition) is 3. The summed E-state index contributed by atoms with van der Waals surface area (Å²) in [7, 11) is 0. The molecule has 0 heterocycles. The van der Waals surface area contributed by atoms with Gasteiger partial charge in [0.2, 0.25) is 0 Å². The zero-order valence-corrected chi connectivity index (χ0v) is 12.0. The van der Waals surface area contributed by atoms with Gasteiger partial charge >= 0.3 is 17.9 Å². The molecule has 0 unspecified atom stereocenters. The number of carboxylic acid groups (broad SMARTS) is 3. The normalized spacial score (nSPS) is 10.2. The number of benzene rings is 1. The Morgan fingerprint density at radius 1 is 1.05 bits per heavy atom. The lowest BCUT2D eigenvalue weighted by molar-refractivity contribution is 0.0646. The van der Waals surface area contributed by atoms with Gasteiger partial charge in [-0.05, 0) is 31.0 Å². The first kappa shape index (κ1) is 17.4. The van der Waals surface area contributed by atoms with Crippen molar-refractivity contribution in [1.82, 2.24) is 0 Å². The van der Waals surface area contributed by atoms with Crippen molar-refractivity contribution in [3.63, 3.8) is 0 Å². The molecule has 1 rings (SSSR count). The molecule has 1 aromatic rings. The lowest BCUT2D eigenvalue weighted by Crippen LogP contribution is -2.17. The fourth-order valence-electron chi connectivity index (χ4n) is 1.95. The van der Waals surface area contributed by atoms with E-state index in [4.69, 9.17) is 14.9 Å². The molecule has 0 aliphatic carbocycles. The second kappa shape index (κ2) is 7.37. The summed E-state index contributed by atoms with van der Waals surface area (Å²) in [5.41, 5.74) is -0.530. The van der Waals surface area contributed by atoms with Gasteiger partial charge in [-0.2, -0.15) is 0 Å². The molecule has 7 nitrogen and oxygen atoms in total. The van der Waals surface area contributed by atoms with Crippen molar-refractivity contribution in [3.05, 3.63) is 46.5 Å². The molecule has 0 aliphatic heterocycles. The Morgan fingerprint density at radius 2 is 1.59 bits per heavy atom. The number of ether oxygens (including phenoxy) is 1. The topological polar surface area (TPSA) is 121 Å². The minimum atomic E-state index is -1.49. The molecular weight excluding hydrogens is 292 g/mol. The SMILES string of the molecule is C=C(C)COCCc1c(C(=O)O)ccc(C(=O)O)c1C(=O)O. The van der Waals surface area contributed by atoms with Gasteiger partial charge in [-0.25, -0.2) is 14.4 Å². The first-order valence-electron chi connectivity index (χ1n) is 6.33. The number of carbonyl (C=O) groups is 3. The first-order chi connectivity index (χ1) is 10.3. The molecule has 118 valence electrons. The van der Waals surface area contributed by atoms with Crippen LogP contribution in [-0.4, -0.2) is 46.4 Å². The third-order valence-corrected chi connectivity index (χ3v) is 2.83. The molecule has 1 aromatic carbocycles. The second-order valence-corrected chi connectivity index (χ2v) is 4.69. The molecule has 3 N–H and O–H groups in total. The molecule has 0 bridgehead atoms. The highest BCUT2D eigenvalue weighted by Crippen LogP contribution is 2.21. The highest BCUT2D eigenvalue weighted by atomic mass is 16.5. The summed E-state index contributed by atoms with van der Waals surface area (Å²) < 4.78 is 5.24. The quantitative estimate of drug-likeness (QED) is 0.495. The molecule has 0 aliphatic rings. The number of aromatic carboxylic acids is 3. The maximum atomic E-state index is 11.4. The van der Waals surface area contributed by atoms with Crippen LogP contribution >= 0.6 is 0 Å². The standard InChI is InChI=1S/C15H16O7/c1-8(2)7-22-6-5-9-10(13(16)17)3-4-11(14(18)19)12(9)15(20)21/h3-4H,1,5-7H2,2H3,(H,16,17)(H,18,19)(H,20,21). The van der Waals surface area contributed by atoms with E-state index in [9.17, 15) is 19.5 Å². The average molecular weight is 308 g/mol. The Morgan fingerprint density at radius 3 is 2.05 bits per heavy atom. The maximum Gasteiger partial charge on any atom is 0.336 e. The summed E-state index contributed by atoms with van der Waals surface area (Å²) >= 11 is 0. The van der Waals surface area contributed by atoms with Crippen LogP contribution in [0.25, 0.3) is 0 Å². The van der Waals surface area contributed by atoms with Crippen LogP contribution in [0.15, 0.2) is 24.3 Å². The van der Waals surface area contributed by atoms with Crippen LogP contribution in [0.3, 0.4) is 0 Å². The molecule has 0 amide bonds. The fraction of sp³-hybridized carbons (Fsp3) is 0.267. The van der Waals surface area contributed by atoms with Gasteiger partial charge in [0, 0.05) is 0 Å². The van der Waals surface area contributed by atoms with Crippen molar-refractivity contribution in [2.45, 2.75) is 13.3 Å². The molecule has 0 saturated heterocycles. The zero-order chi connectivity index (χ0) is 16.9. The van der Waals surface area contributed by atoms with Gasteiger partial charge in [0.25, 0.3) is 0 Å². The van der Waals surface area contributed by atoms with Crippen molar-refractivity contribution in [2.24, 2.45) is 0 Å². The van der Waals surface area contributed by atoms with Gasteiger partial charge in [0.1, 0.15) is 0 Å². The summed E-state index contributed by atoms with van der Waals surface area (Å²) in [6.07, 6.45) is -0.0301. The third-order valence-electron chi connectivity index (χ3n) is 2.83. The number of carboxylic acids is 3. The van der Waals surface area contributed by atoms with Crippen LogP contribution in [0.4, 0.5) is 0 Å². The van der Waals surface area contributed by atoms with E-state index in [0.717, 1.165) is 17.7 Å². The van der Waals surface area contributed by atoms with Crippen LogP contribution in [0.2, 0.25) is 0 Å². The molecule has 7 heteroatoms. The summed E-state index contributed by atoms with van der Waals surface area (Å²) in [5.74, 6) is -4.25. The number of rotatable bonds is 8. The zero-order valence-electron chi connectivity index (χ0n) is 12.0. The molecule has 0 fully saturated rings. The second-order valence-electron chi connectivity index (χ2n) is 4.69. The van der Waals surface area contributed by atoms with E-state index in [-0.39, 0.29) is 30.8 Å². The molecule has 0 spiro atoms. The van der Waals surface area contributed by atoms with Gasteiger partial charge in [0.15, 0.2) is 0 Å². The van der Waals surface area contributed by atoms with Crippen LogP contribution in [0, 0.1) is 0 Å². The summed E-state index contributed by atoms with van der Waals surface area (Å²) in [5, 5.41) is 27.4. The van der Waals surface area contributed by atoms with E-state index < -0.39 is 29.0 Å². The van der Waals surface area contributed by atoms with E-state index >= 15 is 0 Å². The Kier molecular flexibility index (Phi) is 5.82. The van der Waals surface area contributed by atoms with Crippen LogP contribution in [0.1, 0.15) is 43.6 Å². The fourth-order valence-corrected chi connectivity index (χ4v) is 1.95. The lowest BCUT2D eigenvalue weighted by Gasteiger charge is -2.13. The van der Waals surface area contributed by atoms with E-state index in [2.05, 4.69) is 6.58 Å². The Balaban J connectivity index is 3.26. The van der Waals surface area contributed by atoms with E-state index in [1.54, 1.807) is 6.92 Å². The Bertz CT molecular complexity index is 631. The van der Waals surface area contributed by atoms with Crippen LogP contribution < -0.4 is 0 Å². The summed E-state index contributed by atoms with van der Waals surface area (Å²) in [6.45, 7) is 5.69. The van der Waals surface area contributed by atoms with Gasteiger partial charge in [-0.3, -0.25) is 0 Å². The van der Waals surface area contributed by atoms with Crippen molar-refractivity contribution >= 4 is 17.9 Å². The maximum absolute atomic E-state index is 11.4. The smallest absolute Gasteiger partial charge is 0.336 e. The third kappa shape index (κ3) is 4.16. The minimum Gasteiger partial charge on any atom is -0.478 e. The van der Waals surface area contributed by atoms with Gasteiger partial charge in [-0.1, -0.05) is 12.2 Å². The minimum absolute atomic E-state index is 0.0301. The van der Waals surface area contributed by atoms with Crippen LogP contribution in [0.5, 0.6) is 0 Å². The van der Waals surface area contributed by atoms with E-state index in [0.29, 0.717) is 0 Å². The van der Waals surface area contributed by atoms with Crippen molar-refractivity contribution < 1.29 is 34.4 Å². The predicted molar refractivity (Wildman–Crippen MR) is 76.7 cm³/mol. The summed E-state index contributed by atoms with van der Waals surface area (Å²) in [6, 6.07) is 2.07. The van der Waals surface area contributed by atoms with E-state index in [1.165, 1.54) is 0 Å². The van der Waals surface area contributed by atoms with Gasteiger partial charge in [-0.15, -0.1) is 0 Å². The molecule has 0 aromatic heterocycles. The average Bonchev–Trinajstić information content (AvgIpc) is 2.41. The Labute approximate surface area is 126 Å². The predicted octanol–water partition coefficient (Wildman–Crippen LogP) is 1.92. The molecular formula is C15H16O7. The van der Waals surface area contributed by atoms with Crippen molar-refractivity contribution in [1.29, 1.82) is 0 Å². The van der Waals surface area contributed by atoms with Gasteiger partial charge < -0.3 is 20.1 Å². The highest BCUT2D eigenvalue weighted by molar-refractivity contribution is 6.05. The lowest BCUT2D eigenvalue weighted by atomic mass is 9.93. The first-order valence-corrected chi connectivity index (χ1v) is 6.33. The highest BCUT2D eigenvalue weighted by Gasteiger charge is 2.25. The molecule has 0 radical (unpaired) electrons. The number of hydrogen-bond acceptors (Lipinski definition) is 4. The largest absolute Gasteiger partial charge is 0.478 e. The molecule has 0 atom stereocenters. The van der Waals surface area contributed by atoms with Gasteiger partial charge in [0.05, 0.1) is 29.9 Å². The molecule has 22 heavy (non-hydrogen) atoms. The van der Waals surface area contributed by atoms with Crippen molar-refractivity contribution in [2.75, 3.05) is 13.2 Å². The molecule has 0 saturated carbocycles. The Hall–Kier alpha value is -2.67.